The molecule has 2 rings (SSSR count). The zero-order valence-electron chi connectivity index (χ0n) is 10.8. The number of aryl methyl sites for hydroxylation is 1. The van der Waals surface area contributed by atoms with Crippen molar-refractivity contribution in [3.63, 3.8) is 0 Å². The maximum Gasteiger partial charge on any atom is 0.306 e. The van der Waals surface area contributed by atoms with Crippen LogP contribution < -0.4 is 5.32 Å². The number of carbonyl (C=O) groups is 1. The number of nitrogens with one attached hydrogen (secondary N) is 1. The fourth-order valence-electron chi connectivity index (χ4n) is 2.13. The Bertz CT molecular complexity index is 473. The van der Waals surface area contributed by atoms with Crippen LogP contribution in [0.1, 0.15) is 13.3 Å². The third-order valence-electron chi connectivity index (χ3n) is 3.21. The van der Waals surface area contributed by atoms with Crippen molar-refractivity contribution in [3.8, 4) is 0 Å². The number of nitrogens with zero attached hydrogens (tertiary/aromatic N) is 4. The lowest BCUT2D eigenvalue weighted by molar-refractivity contribution is -0.385. The minimum Gasteiger partial charge on any atom is -0.337 e. The summed E-state index contributed by atoms with van der Waals surface area (Å²) in [5, 5.41) is 17.6. The van der Waals surface area contributed by atoms with E-state index in [0.29, 0.717) is 19.5 Å². The third-order valence-corrected chi connectivity index (χ3v) is 3.21. The van der Waals surface area contributed by atoms with Crippen molar-refractivity contribution in [1.29, 1.82) is 0 Å². The van der Waals surface area contributed by atoms with Gasteiger partial charge in [0.05, 0.1) is 4.92 Å². The van der Waals surface area contributed by atoms with Gasteiger partial charge in [-0.2, -0.15) is 5.10 Å². The van der Waals surface area contributed by atoms with Crippen molar-refractivity contribution < 1.29 is 9.72 Å². The smallest absolute Gasteiger partial charge is 0.306 e. The zero-order chi connectivity index (χ0) is 13.8. The Balaban J connectivity index is 1.87. The van der Waals surface area contributed by atoms with Crippen molar-refractivity contribution in [1.82, 2.24) is 20.0 Å². The molecule has 1 saturated heterocycles. The van der Waals surface area contributed by atoms with Crippen molar-refractivity contribution in [2.45, 2.75) is 25.9 Å². The summed E-state index contributed by atoms with van der Waals surface area (Å²) >= 11 is 0. The molecule has 1 N–H and O–H groups in total. The van der Waals surface area contributed by atoms with Crippen LogP contribution in [-0.4, -0.2) is 51.2 Å². The number of hydrogen-bond donors (Lipinski definition) is 1. The number of rotatable bonds is 4. The maximum absolute atomic E-state index is 12.0. The molecule has 1 unspecified atom stereocenters. The molecule has 0 saturated carbocycles. The molecule has 0 spiro atoms. The van der Waals surface area contributed by atoms with Crippen LogP contribution in [0.25, 0.3) is 0 Å². The lowest BCUT2D eigenvalue weighted by Crippen LogP contribution is -2.52. The molecule has 1 atom stereocenters. The number of amides is 1. The van der Waals surface area contributed by atoms with E-state index in [9.17, 15) is 14.9 Å². The monoisotopic (exact) mass is 267 g/mol. The second-order valence-corrected chi connectivity index (χ2v) is 4.61. The van der Waals surface area contributed by atoms with Gasteiger partial charge in [0.2, 0.25) is 5.91 Å². The second kappa shape index (κ2) is 5.79. The molecular weight excluding hydrogens is 250 g/mol. The average molecular weight is 267 g/mol. The van der Waals surface area contributed by atoms with Crippen LogP contribution >= 0.6 is 0 Å². The molecule has 8 nitrogen and oxygen atoms in total. The second-order valence-electron chi connectivity index (χ2n) is 4.61. The highest BCUT2D eigenvalue weighted by Gasteiger charge is 2.22. The predicted molar refractivity (Wildman–Crippen MR) is 67.5 cm³/mol. The predicted octanol–water partition coefficient (Wildman–Crippen LogP) is 0.00170. The molecular formula is C11H17N5O3. The van der Waals surface area contributed by atoms with Crippen molar-refractivity contribution in [2.24, 2.45) is 0 Å². The first kappa shape index (κ1) is 13.5. The standard InChI is InChI=1S/C11H17N5O3/c1-9-6-12-3-5-15(9)11(17)2-4-14-8-10(7-13-14)16(18)19/h7-9,12H,2-6H2,1H3. The first-order valence-electron chi connectivity index (χ1n) is 6.25. The van der Waals surface area contributed by atoms with Gasteiger partial charge in [0.1, 0.15) is 12.4 Å². The summed E-state index contributed by atoms with van der Waals surface area (Å²) in [4.78, 5) is 23.9. The van der Waals surface area contributed by atoms with E-state index in [1.165, 1.54) is 17.1 Å². The molecule has 0 bridgehead atoms. The molecule has 1 aromatic heterocycles. The largest absolute Gasteiger partial charge is 0.337 e. The summed E-state index contributed by atoms with van der Waals surface area (Å²) in [5.74, 6) is 0.0622. The van der Waals surface area contributed by atoms with Gasteiger partial charge in [-0.1, -0.05) is 0 Å². The highest BCUT2D eigenvalue weighted by molar-refractivity contribution is 5.76. The van der Waals surface area contributed by atoms with Gasteiger partial charge in [-0.3, -0.25) is 19.6 Å². The molecule has 104 valence electrons. The number of nitro groups is 1. The Labute approximate surface area is 110 Å². The molecule has 1 aromatic rings. The van der Waals surface area contributed by atoms with Gasteiger partial charge >= 0.3 is 5.69 Å². The molecule has 1 aliphatic heterocycles. The number of carbonyl (C=O) groups excluding carboxylic acids is 1. The molecule has 0 radical (unpaired) electrons. The lowest BCUT2D eigenvalue weighted by Gasteiger charge is -2.34. The van der Waals surface area contributed by atoms with Crippen LogP contribution in [0.15, 0.2) is 12.4 Å². The van der Waals surface area contributed by atoms with E-state index in [1.54, 1.807) is 0 Å². The van der Waals surface area contributed by atoms with Crippen molar-refractivity contribution in [3.05, 3.63) is 22.5 Å². The van der Waals surface area contributed by atoms with E-state index in [-0.39, 0.29) is 17.6 Å². The third kappa shape index (κ3) is 3.28. The fraction of sp³-hybridized carbons (Fsp3) is 0.636. The Hall–Kier alpha value is -1.96. The highest BCUT2D eigenvalue weighted by atomic mass is 16.6. The number of aromatic nitrogens is 2. The summed E-state index contributed by atoms with van der Waals surface area (Å²) in [5.41, 5.74) is -0.0528. The Morgan fingerprint density at radius 2 is 2.47 bits per heavy atom. The summed E-state index contributed by atoms with van der Waals surface area (Å²) < 4.78 is 1.43. The van der Waals surface area contributed by atoms with Crippen LogP contribution in [0.5, 0.6) is 0 Å². The van der Waals surface area contributed by atoms with Gasteiger partial charge in [0.15, 0.2) is 0 Å². The molecule has 8 heteroatoms. The van der Waals surface area contributed by atoms with E-state index < -0.39 is 4.92 Å². The average Bonchev–Trinajstić information content (AvgIpc) is 2.85. The number of hydrogen-bond acceptors (Lipinski definition) is 5. The van der Waals surface area contributed by atoms with E-state index in [2.05, 4.69) is 10.4 Å². The molecule has 1 fully saturated rings. The minimum atomic E-state index is -0.496. The SMILES string of the molecule is CC1CNCCN1C(=O)CCn1cc([N+](=O)[O-])cn1. The normalized spacial score (nSPS) is 19.4. The Kier molecular flexibility index (Phi) is 4.10. The zero-order valence-corrected chi connectivity index (χ0v) is 10.8. The van der Waals surface area contributed by atoms with Gasteiger partial charge < -0.3 is 10.2 Å². The van der Waals surface area contributed by atoms with Crippen LogP contribution in [0.2, 0.25) is 0 Å². The topological polar surface area (TPSA) is 93.3 Å². The van der Waals surface area contributed by atoms with Crippen LogP contribution in [-0.2, 0) is 11.3 Å². The van der Waals surface area contributed by atoms with Gasteiger partial charge in [0, 0.05) is 38.6 Å². The molecule has 1 amide bonds. The summed E-state index contributed by atoms with van der Waals surface area (Å²) in [6, 6.07) is 0.188. The first-order valence-corrected chi connectivity index (χ1v) is 6.25. The van der Waals surface area contributed by atoms with E-state index in [1.807, 2.05) is 11.8 Å². The van der Waals surface area contributed by atoms with Crippen molar-refractivity contribution in [2.75, 3.05) is 19.6 Å². The van der Waals surface area contributed by atoms with E-state index >= 15 is 0 Å². The van der Waals surface area contributed by atoms with Crippen LogP contribution in [0, 0.1) is 10.1 Å². The minimum absolute atomic E-state index is 0.0528. The van der Waals surface area contributed by atoms with Gasteiger partial charge in [-0.05, 0) is 6.92 Å². The summed E-state index contributed by atoms with van der Waals surface area (Å²) in [7, 11) is 0. The molecule has 19 heavy (non-hydrogen) atoms. The summed E-state index contributed by atoms with van der Waals surface area (Å²) in [6.45, 7) is 4.69. The van der Waals surface area contributed by atoms with Crippen molar-refractivity contribution >= 4 is 11.6 Å². The van der Waals surface area contributed by atoms with E-state index in [0.717, 1.165) is 13.1 Å². The Morgan fingerprint density at radius 1 is 1.68 bits per heavy atom. The quantitative estimate of drug-likeness (QED) is 0.612. The summed E-state index contributed by atoms with van der Waals surface area (Å²) in [6.07, 6.45) is 2.84. The fourth-order valence-corrected chi connectivity index (χ4v) is 2.13. The molecule has 0 aromatic carbocycles. The first-order chi connectivity index (χ1) is 9.08. The Morgan fingerprint density at radius 3 is 3.11 bits per heavy atom. The van der Waals surface area contributed by atoms with Gasteiger partial charge in [-0.25, -0.2) is 0 Å². The lowest BCUT2D eigenvalue weighted by atomic mass is 10.2. The van der Waals surface area contributed by atoms with Gasteiger partial charge in [0.25, 0.3) is 0 Å². The highest BCUT2D eigenvalue weighted by Crippen LogP contribution is 2.09. The van der Waals surface area contributed by atoms with E-state index in [4.69, 9.17) is 0 Å². The number of piperazine rings is 1. The van der Waals surface area contributed by atoms with Crippen LogP contribution in [0.3, 0.4) is 0 Å². The maximum atomic E-state index is 12.0. The van der Waals surface area contributed by atoms with Gasteiger partial charge in [-0.15, -0.1) is 0 Å². The molecule has 0 aliphatic carbocycles. The molecule has 2 heterocycles. The molecule has 1 aliphatic rings. The van der Waals surface area contributed by atoms with Crippen LogP contribution in [0.4, 0.5) is 5.69 Å².